The fourth-order valence-electron chi connectivity index (χ4n) is 2.60. The van der Waals surface area contributed by atoms with Crippen LogP contribution in [0.3, 0.4) is 0 Å². The van der Waals surface area contributed by atoms with Crippen LogP contribution in [0, 0.1) is 6.92 Å². The zero-order valence-corrected chi connectivity index (χ0v) is 16.4. The second kappa shape index (κ2) is 8.35. The number of para-hydroxylation sites is 1. The molecular weight excluding hydrogens is 360 g/mol. The summed E-state index contributed by atoms with van der Waals surface area (Å²) in [5.74, 6) is 0.601. The van der Waals surface area contributed by atoms with Crippen molar-refractivity contribution in [3.8, 4) is 5.82 Å². The van der Waals surface area contributed by atoms with E-state index in [4.69, 9.17) is 0 Å². The minimum absolute atomic E-state index is 0.0829. The molecule has 1 amide bonds. The molecule has 3 rings (SSSR count). The standard InChI is InChI=1S/C20H22N4O2S/c1-4-14(3)22-18(25)12-27-20-23-16-8-6-5-7-15(16)19(26)24(20)17-11-13(2)9-10-21-17/h5-11,14H,4,12H2,1-3H3,(H,22,25). The predicted octanol–water partition coefficient (Wildman–Crippen LogP) is 3.10. The van der Waals surface area contributed by atoms with Crippen molar-refractivity contribution in [2.45, 2.75) is 38.4 Å². The highest BCUT2D eigenvalue weighted by Gasteiger charge is 2.16. The third-order valence-corrected chi connectivity index (χ3v) is 5.17. The summed E-state index contributed by atoms with van der Waals surface area (Å²) in [4.78, 5) is 34.2. The Kier molecular flexibility index (Phi) is 5.91. The van der Waals surface area contributed by atoms with Crippen molar-refractivity contribution < 1.29 is 4.79 Å². The average molecular weight is 382 g/mol. The summed E-state index contributed by atoms with van der Waals surface area (Å²) in [5.41, 5.74) is 1.41. The summed E-state index contributed by atoms with van der Waals surface area (Å²) in [6.45, 7) is 5.92. The van der Waals surface area contributed by atoms with Crippen LogP contribution in [-0.4, -0.2) is 32.2 Å². The molecule has 7 heteroatoms. The number of nitrogens with one attached hydrogen (secondary N) is 1. The fraction of sp³-hybridized carbons (Fsp3) is 0.300. The minimum atomic E-state index is -0.191. The van der Waals surface area contributed by atoms with E-state index < -0.39 is 0 Å². The third kappa shape index (κ3) is 4.36. The summed E-state index contributed by atoms with van der Waals surface area (Å²) in [7, 11) is 0. The van der Waals surface area contributed by atoms with Crippen molar-refractivity contribution in [2.24, 2.45) is 0 Å². The Morgan fingerprint density at radius 1 is 1.30 bits per heavy atom. The van der Waals surface area contributed by atoms with Gasteiger partial charge in [0.1, 0.15) is 5.82 Å². The minimum Gasteiger partial charge on any atom is -0.353 e. The van der Waals surface area contributed by atoms with Gasteiger partial charge in [-0.2, -0.15) is 0 Å². The molecular formula is C20H22N4O2S. The van der Waals surface area contributed by atoms with Crippen molar-refractivity contribution in [1.29, 1.82) is 0 Å². The number of aryl methyl sites for hydroxylation is 1. The van der Waals surface area contributed by atoms with Gasteiger partial charge in [-0.1, -0.05) is 30.8 Å². The van der Waals surface area contributed by atoms with Crippen molar-refractivity contribution in [3.05, 3.63) is 58.5 Å². The van der Waals surface area contributed by atoms with Gasteiger partial charge in [-0.05, 0) is 50.1 Å². The first-order valence-electron chi connectivity index (χ1n) is 8.86. The molecule has 0 aliphatic heterocycles. The number of benzene rings is 1. The second-order valence-electron chi connectivity index (χ2n) is 6.41. The molecule has 1 N–H and O–H groups in total. The Labute approximate surface area is 162 Å². The summed E-state index contributed by atoms with van der Waals surface area (Å²) in [5, 5.41) is 3.91. The normalized spacial score (nSPS) is 12.1. The molecule has 0 spiro atoms. The molecule has 0 radical (unpaired) electrons. The van der Waals surface area contributed by atoms with Crippen LogP contribution in [0.2, 0.25) is 0 Å². The van der Waals surface area contributed by atoms with E-state index in [1.165, 1.54) is 16.3 Å². The molecule has 0 bridgehead atoms. The van der Waals surface area contributed by atoms with E-state index in [2.05, 4.69) is 15.3 Å². The first kappa shape index (κ1) is 19.1. The van der Waals surface area contributed by atoms with Crippen molar-refractivity contribution in [3.63, 3.8) is 0 Å². The molecule has 0 saturated heterocycles. The smallest absolute Gasteiger partial charge is 0.267 e. The summed E-state index contributed by atoms with van der Waals surface area (Å²) in [6, 6.07) is 11.0. The zero-order chi connectivity index (χ0) is 19.4. The Morgan fingerprint density at radius 2 is 2.07 bits per heavy atom. The maximum atomic E-state index is 13.1. The van der Waals surface area contributed by atoms with Gasteiger partial charge in [-0.25, -0.2) is 14.5 Å². The number of carbonyl (C=O) groups is 1. The van der Waals surface area contributed by atoms with Gasteiger partial charge in [0.25, 0.3) is 5.56 Å². The van der Waals surface area contributed by atoms with Gasteiger partial charge in [0, 0.05) is 12.2 Å². The summed E-state index contributed by atoms with van der Waals surface area (Å²) < 4.78 is 1.48. The number of carbonyl (C=O) groups excluding carboxylic acids is 1. The van der Waals surface area contributed by atoms with Crippen LogP contribution >= 0.6 is 11.8 Å². The fourth-order valence-corrected chi connectivity index (χ4v) is 3.41. The van der Waals surface area contributed by atoms with E-state index in [9.17, 15) is 9.59 Å². The van der Waals surface area contributed by atoms with Gasteiger partial charge >= 0.3 is 0 Å². The molecule has 2 aromatic heterocycles. The number of hydrogen-bond donors (Lipinski definition) is 1. The number of nitrogens with zero attached hydrogens (tertiary/aromatic N) is 3. The van der Waals surface area contributed by atoms with Crippen LogP contribution in [0.15, 0.2) is 52.5 Å². The predicted molar refractivity (Wildman–Crippen MR) is 108 cm³/mol. The number of fused-ring (bicyclic) bond motifs is 1. The molecule has 0 aliphatic carbocycles. The van der Waals surface area contributed by atoms with Gasteiger partial charge in [0.15, 0.2) is 5.16 Å². The highest BCUT2D eigenvalue weighted by atomic mass is 32.2. The lowest BCUT2D eigenvalue weighted by atomic mass is 10.2. The Hall–Kier alpha value is -2.67. The summed E-state index contributed by atoms with van der Waals surface area (Å²) in [6.07, 6.45) is 2.53. The second-order valence-corrected chi connectivity index (χ2v) is 7.35. The van der Waals surface area contributed by atoms with Crippen LogP contribution in [-0.2, 0) is 4.79 Å². The van der Waals surface area contributed by atoms with E-state index in [0.29, 0.717) is 21.9 Å². The maximum absolute atomic E-state index is 13.1. The van der Waals surface area contributed by atoms with Gasteiger partial charge in [-0.15, -0.1) is 0 Å². The van der Waals surface area contributed by atoms with Crippen molar-refractivity contribution >= 4 is 28.6 Å². The Balaban J connectivity index is 2.03. The molecule has 27 heavy (non-hydrogen) atoms. The SMILES string of the molecule is CCC(C)NC(=O)CSc1nc2ccccc2c(=O)n1-c1cc(C)ccn1. The molecule has 2 heterocycles. The molecule has 3 aromatic rings. The van der Waals surface area contributed by atoms with Crippen LogP contribution in [0.1, 0.15) is 25.8 Å². The van der Waals surface area contributed by atoms with Crippen LogP contribution in [0.25, 0.3) is 16.7 Å². The lowest BCUT2D eigenvalue weighted by Gasteiger charge is -2.14. The van der Waals surface area contributed by atoms with Gasteiger partial charge in [-0.3, -0.25) is 9.59 Å². The van der Waals surface area contributed by atoms with E-state index in [1.807, 2.05) is 45.0 Å². The van der Waals surface area contributed by atoms with Crippen LogP contribution in [0.4, 0.5) is 0 Å². The van der Waals surface area contributed by atoms with E-state index in [0.717, 1.165) is 12.0 Å². The monoisotopic (exact) mass is 382 g/mol. The highest BCUT2D eigenvalue weighted by molar-refractivity contribution is 7.99. The number of amides is 1. The van der Waals surface area contributed by atoms with Crippen molar-refractivity contribution in [1.82, 2.24) is 19.9 Å². The van der Waals surface area contributed by atoms with E-state index in [-0.39, 0.29) is 23.3 Å². The molecule has 1 unspecified atom stereocenters. The molecule has 6 nitrogen and oxygen atoms in total. The zero-order valence-electron chi connectivity index (χ0n) is 15.6. The van der Waals surface area contributed by atoms with Crippen LogP contribution in [0.5, 0.6) is 0 Å². The molecule has 0 saturated carbocycles. The topological polar surface area (TPSA) is 76.9 Å². The molecule has 140 valence electrons. The largest absolute Gasteiger partial charge is 0.353 e. The maximum Gasteiger partial charge on any atom is 0.267 e. The van der Waals surface area contributed by atoms with E-state index >= 15 is 0 Å². The number of rotatable bonds is 6. The molecule has 0 fully saturated rings. The van der Waals surface area contributed by atoms with Gasteiger partial charge in [0.2, 0.25) is 5.91 Å². The number of aromatic nitrogens is 3. The van der Waals surface area contributed by atoms with Gasteiger partial charge in [0.05, 0.1) is 16.7 Å². The molecule has 1 atom stereocenters. The quantitative estimate of drug-likeness (QED) is 0.524. The molecule has 0 aliphatic rings. The van der Waals surface area contributed by atoms with Gasteiger partial charge < -0.3 is 5.32 Å². The first-order chi connectivity index (χ1) is 13.0. The lowest BCUT2D eigenvalue weighted by Crippen LogP contribution is -2.33. The summed E-state index contributed by atoms with van der Waals surface area (Å²) >= 11 is 1.24. The third-order valence-electron chi connectivity index (χ3n) is 4.23. The highest BCUT2D eigenvalue weighted by Crippen LogP contribution is 2.20. The Bertz CT molecular complexity index is 1030. The first-order valence-corrected chi connectivity index (χ1v) is 9.85. The number of thioether (sulfide) groups is 1. The molecule has 1 aromatic carbocycles. The average Bonchev–Trinajstić information content (AvgIpc) is 2.66. The Morgan fingerprint density at radius 3 is 2.81 bits per heavy atom. The van der Waals surface area contributed by atoms with E-state index in [1.54, 1.807) is 18.3 Å². The number of pyridine rings is 1. The van der Waals surface area contributed by atoms with Crippen LogP contribution < -0.4 is 10.9 Å². The number of hydrogen-bond acceptors (Lipinski definition) is 5. The van der Waals surface area contributed by atoms with Crippen molar-refractivity contribution in [2.75, 3.05) is 5.75 Å². The lowest BCUT2D eigenvalue weighted by molar-refractivity contribution is -0.119.